The predicted octanol–water partition coefficient (Wildman–Crippen LogP) is 6.69. The molecule has 0 unspecified atom stereocenters. The van der Waals surface area contributed by atoms with Gasteiger partial charge >= 0.3 is 0 Å². The molecule has 4 rings (SSSR count). The second kappa shape index (κ2) is 9.29. The Morgan fingerprint density at radius 2 is 1.85 bits per heavy atom. The number of fused-ring (bicyclic) bond motifs is 1. The Labute approximate surface area is 199 Å². The van der Waals surface area contributed by atoms with Crippen LogP contribution < -0.4 is 0 Å². The van der Waals surface area contributed by atoms with E-state index < -0.39 is 10.7 Å². The van der Waals surface area contributed by atoms with Crippen LogP contribution in [0.5, 0.6) is 0 Å². The fourth-order valence-electron chi connectivity index (χ4n) is 3.58. The predicted molar refractivity (Wildman–Crippen MR) is 129 cm³/mol. The third-order valence-corrected chi connectivity index (χ3v) is 5.88. The summed E-state index contributed by atoms with van der Waals surface area (Å²) in [6, 6.07) is 20.3. The molecule has 0 aliphatic heterocycles. The van der Waals surface area contributed by atoms with Gasteiger partial charge in [-0.05, 0) is 29.8 Å². The van der Waals surface area contributed by atoms with E-state index in [4.69, 9.17) is 23.2 Å². The van der Waals surface area contributed by atoms with Gasteiger partial charge in [-0.3, -0.25) is 14.9 Å². The average Bonchev–Trinajstić information content (AvgIpc) is 3.16. The Morgan fingerprint density at radius 3 is 2.58 bits per heavy atom. The number of halogens is 2. The van der Waals surface area contributed by atoms with Crippen molar-refractivity contribution in [3.63, 3.8) is 0 Å². The minimum Gasteiger partial charge on any atom is -0.342 e. The zero-order chi connectivity index (χ0) is 23.5. The summed E-state index contributed by atoms with van der Waals surface area (Å²) in [5, 5.41) is 22.5. The molecule has 0 aliphatic rings. The number of carbonyl (C=O) groups excluding carboxylic acids is 1. The highest BCUT2D eigenvalue weighted by atomic mass is 35.5. The first kappa shape index (κ1) is 22.3. The van der Waals surface area contributed by atoms with Crippen LogP contribution in [0.1, 0.15) is 21.5 Å². The van der Waals surface area contributed by atoms with E-state index in [9.17, 15) is 20.2 Å². The van der Waals surface area contributed by atoms with E-state index in [1.807, 2.05) is 47.2 Å². The number of para-hydroxylation sites is 1. The van der Waals surface area contributed by atoms with Crippen LogP contribution in [0, 0.1) is 21.4 Å². The van der Waals surface area contributed by atoms with E-state index in [2.05, 4.69) is 0 Å². The first-order chi connectivity index (χ1) is 15.9. The molecule has 4 aromatic rings. The fourth-order valence-corrected chi connectivity index (χ4v) is 3.90. The maximum atomic E-state index is 12.9. The van der Waals surface area contributed by atoms with Crippen molar-refractivity contribution in [2.75, 3.05) is 0 Å². The Kier molecular flexibility index (Phi) is 6.27. The smallest absolute Gasteiger partial charge is 0.270 e. The summed E-state index contributed by atoms with van der Waals surface area (Å²) >= 11 is 12.2. The Morgan fingerprint density at radius 1 is 1.06 bits per heavy atom. The number of nitro groups is 1. The largest absolute Gasteiger partial charge is 0.342 e. The molecule has 1 heterocycles. The van der Waals surface area contributed by atoms with Gasteiger partial charge in [-0.1, -0.05) is 59.6 Å². The molecule has 0 bridgehead atoms. The second-order valence-corrected chi connectivity index (χ2v) is 8.10. The molecule has 0 amide bonds. The standard InChI is InChI=1S/C25H15Cl2N3O3/c26-22-9-8-16(10-23(22)27)14-29-15-19(21-6-1-2-7-24(21)29)11-18(13-28)25(31)17-4-3-5-20(12-17)30(32)33/h1-12,15H,14H2. The van der Waals surface area contributed by atoms with Crippen LogP contribution in [0.2, 0.25) is 10.0 Å². The van der Waals surface area contributed by atoms with Crippen molar-refractivity contribution in [3.8, 4) is 6.07 Å². The molecule has 6 nitrogen and oxygen atoms in total. The van der Waals surface area contributed by atoms with Crippen molar-refractivity contribution in [3.05, 3.63) is 115 Å². The average molecular weight is 476 g/mol. The van der Waals surface area contributed by atoms with Crippen molar-refractivity contribution < 1.29 is 9.72 Å². The Bertz CT molecular complexity index is 1480. The molecule has 3 aromatic carbocycles. The molecule has 0 aliphatic carbocycles. The third-order valence-electron chi connectivity index (χ3n) is 5.14. The molecular weight excluding hydrogens is 461 g/mol. The fraction of sp³-hybridized carbons (Fsp3) is 0.0400. The van der Waals surface area contributed by atoms with Gasteiger partial charge in [-0.25, -0.2) is 0 Å². The highest BCUT2D eigenvalue weighted by Crippen LogP contribution is 2.27. The number of hydrogen-bond acceptors (Lipinski definition) is 4. The van der Waals surface area contributed by atoms with Crippen molar-refractivity contribution in [2.45, 2.75) is 6.54 Å². The first-order valence-corrected chi connectivity index (χ1v) is 10.6. The lowest BCUT2D eigenvalue weighted by Gasteiger charge is -2.06. The number of aromatic nitrogens is 1. The molecule has 0 fully saturated rings. The van der Waals surface area contributed by atoms with Crippen LogP contribution >= 0.6 is 23.2 Å². The van der Waals surface area contributed by atoms with E-state index in [-0.39, 0.29) is 16.8 Å². The van der Waals surface area contributed by atoms with Gasteiger partial charge in [0.15, 0.2) is 0 Å². The topological polar surface area (TPSA) is 88.9 Å². The lowest BCUT2D eigenvalue weighted by molar-refractivity contribution is -0.384. The van der Waals surface area contributed by atoms with Gasteiger partial charge in [0.2, 0.25) is 5.78 Å². The number of rotatable bonds is 6. The van der Waals surface area contributed by atoms with Gasteiger partial charge in [-0.2, -0.15) is 5.26 Å². The molecule has 1 aromatic heterocycles. The highest BCUT2D eigenvalue weighted by molar-refractivity contribution is 6.42. The van der Waals surface area contributed by atoms with E-state index in [0.717, 1.165) is 16.5 Å². The van der Waals surface area contributed by atoms with Gasteiger partial charge < -0.3 is 4.57 Å². The molecule has 0 N–H and O–H groups in total. The molecule has 162 valence electrons. The van der Waals surface area contributed by atoms with Crippen molar-refractivity contribution in [2.24, 2.45) is 0 Å². The summed E-state index contributed by atoms with van der Waals surface area (Å²) in [5.41, 5.74) is 2.28. The van der Waals surface area contributed by atoms with Gasteiger partial charge in [-0.15, -0.1) is 0 Å². The summed E-state index contributed by atoms with van der Waals surface area (Å²) in [6.07, 6.45) is 3.36. The number of nitriles is 1. The van der Waals surface area contributed by atoms with Gasteiger partial charge in [0.25, 0.3) is 5.69 Å². The molecule has 0 saturated carbocycles. The lowest BCUT2D eigenvalue weighted by Crippen LogP contribution is -2.02. The lowest BCUT2D eigenvalue weighted by atomic mass is 10.0. The van der Waals surface area contributed by atoms with Gasteiger partial charge in [0.05, 0.1) is 15.0 Å². The Balaban J connectivity index is 1.75. The van der Waals surface area contributed by atoms with Crippen LogP contribution in [0.25, 0.3) is 17.0 Å². The summed E-state index contributed by atoms with van der Waals surface area (Å²) in [4.78, 5) is 23.4. The zero-order valence-corrected chi connectivity index (χ0v) is 18.5. The quantitative estimate of drug-likeness (QED) is 0.102. The number of nitrogens with zero attached hydrogens (tertiary/aromatic N) is 3. The third kappa shape index (κ3) is 4.65. The number of ketones is 1. The van der Waals surface area contributed by atoms with Crippen molar-refractivity contribution in [1.29, 1.82) is 5.26 Å². The van der Waals surface area contributed by atoms with Gasteiger partial charge in [0.1, 0.15) is 11.6 Å². The van der Waals surface area contributed by atoms with E-state index in [0.29, 0.717) is 22.2 Å². The van der Waals surface area contributed by atoms with E-state index in [1.165, 1.54) is 30.3 Å². The number of non-ortho nitro benzene ring substituents is 1. The summed E-state index contributed by atoms with van der Waals surface area (Å²) in [6.45, 7) is 0.506. The summed E-state index contributed by atoms with van der Waals surface area (Å²) in [5.74, 6) is -0.581. The van der Waals surface area contributed by atoms with Crippen molar-refractivity contribution >= 4 is 51.7 Å². The number of hydrogen-bond donors (Lipinski definition) is 0. The maximum absolute atomic E-state index is 12.9. The number of benzene rings is 3. The van der Waals surface area contributed by atoms with Gasteiger partial charge in [0, 0.05) is 46.9 Å². The van der Waals surface area contributed by atoms with E-state index >= 15 is 0 Å². The highest BCUT2D eigenvalue weighted by Gasteiger charge is 2.17. The number of carbonyl (C=O) groups is 1. The van der Waals surface area contributed by atoms with Crippen LogP contribution in [0.3, 0.4) is 0 Å². The minimum atomic E-state index is -0.581. The number of Topliss-reactive ketones (excluding diaryl/α,β-unsaturated/α-hetero) is 1. The van der Waals surface area contributed by atoms with E-state index in [1.54, 1.807) is 12.1 Å². The molecule has 0 radical (unpaired) electrons. The number of allylic oxidation sites excluding steroid dienone is 1. The molecule has 0 spiro atoms. The molecular formula is C25H15Cl2N3O3. The van der Waals surface area contributed by atoms with Crippen LogP contribution in [-0.2, 0) is 6.54 Å². The summed E-state index contributed by atoms with van der Waals surface area (Å²) in [7, 11) is 0. The second-order valence-electron chi connectivity index (χ2n) is 7.28. The van der Waals surface area contributed by atoms with Crippen molar-refractivity contribution in [1.82, 2.24) is 4.57 Å². The molecule has 0 atom stereocenters. The minimum absolute atomic E-state index is 0.0801. The van der Waals surface area contributed by atoms with Crippen LogP contribution in [0.15, 0.2) is 78.5 Å². The first-order valence-electron chi connectivity index (χ1n) is 9.80. The summed E-state index contributed by atoms with van der Waals surface area (Å²) < 4.78 is 1.99. The number of nitro benzene ring substituents is 1. The zero-order valence-electron chi connectivity index (χ0n) is 17.0. The van der Waals surface area contributed by atoms with Crippen LogP contribution in [-0.4, -0.2) is 15.3 Å². The maximum Gasteiger partial charge on any atom is 0.270 e. The SMILES string of the molecule is N#CC(=Cc1cn(Cc2ccc(Cl)c(Cl)c2)c2ccccc12)C(=O)c1cccc([N+](=O)[O-])c1. The van der Waals surface area contributed by atoms with Crippen LogP contribution in [0.4, 0.5) is 5.69 Å². The molecule has 33 heavy (non-hydrogen) atoms. The monoisotopic (exact) mass is 475 g/mol. The molecule has 8 heteroatoms. The molecule has 0 saturated heterocycles. The Hall–Kier alpha value is -3.92. The normalized spacial score (nSPS) is 11.4.